The summed E-state index contributed by atoms with van der Waals surface area (Å²) < 4.78 is 0. The zero-order chi connectivity index (χ0) is 24.5. The van der Waals surface area contributed by atoms with Crippen molar-refractivity contribution >= 4 is 18.0 Å². The van der Waals surface area contributed by atoms with Crippen LogP contribution in [0.4, 0.5) is 0 Å². The minimum atomic E-state index is -1.28. The maximum absolute atomic E-state index is 12.4. The highest BCUT2D eigenvalue weighted by Crippen LogP contribution is 2.07. The van der Waals surface area contributed by atoms with Crippen molar-refractivity contribution in [3.63, 3.8) is 0 Å². The summed E-state index contributed by atoms with van der Waals surface area (Å²) in [5, 5.41) is 27.4. The van der Waals surface area contributed by atoms with E-state index in [1.54, 1.807) is 36.7 Å². The molecule has 4 N–H and O–H groups in total. The highest BCUT2D eigenvalue weighted by molar-refractivity contribution is 5.97. The van der Waals surface area contributed by atoms with E-state index in [9.17, 15) is 14.7 Å². The Morgan fingerprint density at radius 3 is 2.50 bits per heavy atom. The number of likely N-dealkylation sites (N-methyl/N-ethyl adjacent to an activating group) is 1. The van der Waals surface area contributed by atoms with Crippen LogP contribution in [0.1, 0.15) is 34.1 Å². The third-order valence-corrected chi connectivity index (χ3v) is 5.31. The quantitative estimate of drug-likeness (QED) is 0.206. The van der Waals surface area contributed by atoms with Crippen molar-refractivity contribution in [1.82, 2.24) is 25.7 Å². The molecule has 0 radical (unpaired) electrons. The number of nitrogens with one attached hydrogen (secondary N) is 2. The second kappa shape index (κ2) is 11.9. The number of aromatic nitrogens is 1. The number of hydroxylamine groups is 1. The largest absolute Gasteiger partial charge is 0.391 e. The number of rotatable bonds is 6. The van der Waals surface area contributed by atoms with Crippen LogP contribution in [0.3, 0.4) is 0 Å². The first-order chi connectivity index (χ1) is 16.4. The fourth-order valence-corrected chi connectivity index (χ4v) is 3.22. The van der Waals surface area contributed by atoms with Crippen LogP contribution in [-0.2, 0) is 4.79 Å². The van der Waals surface area contributed by atoms with E-state index in [0.717, 1.165) is 31.7 Å². The Morgan fingerprint density at radius 2 is 1.85 bits per heavy atom. The number of hydrazone groups is 1. The van der Waals surface area contributed by atoms with Gasteiger partial charge in [-0.15, -0.1) is 0 Å². The Hall–Kier alpha value is -3.78. The standard InChI is InChI=1S/C24H28N6O4/c1-17(31)22(24(33)28-34)27-23(32)20-9-6-18(7-10-20)5-8-19-4-3-11-25-21(19)16-26-30-14-12-29(2)13-15-30/h3-4,6-7,9-11,16-17,22,31,34H,12-15H2,1-2H3,(H,27,32)(H,28,33)/b26-16+/t17-,22+/m1/s1. The number of aliphatic hydroxyl groups is 1. The molecule has 2 amide bonds. The molecule has 1 aliphatic heterocycles. The number of hydrogen-bond donors (Lipinski definition) is 4. The van der Waals surface area contributed by atoms with Crippen molar-refractivity contribution in [2.75, 3.05) is 33.2 Å². The lowest BCUT2D eigenvalue weighted by atomic mass is 10.1. The summed E-state index contributed by atoms with van der Waals surface area (Å²) in [4.78, 5) is 30.6. The first kappa shape index (κ1) is 24.9. The van der Waals surface area contributed by atoms with E-state index in [1.165, 1.54) is 12.4 Å². The van der Waals surface area contributed by atoms with Crippen LogP contribution in [0.25, 0.3) is 0 Å². The van der Waals surface area contributed by atoms with Crippen LogP contribution in [0, 0.1) is 11.8 Å². The SMILES string of the molecule is C[C@@H](O)[C@H](NC(=O)c1ccc(C#Cc2cccnc2/C=N/N2CCN(C)CC2)cc1)C(=O)NO. The molecule has 1 fully saturated rings. The van der Waals surface area contributed by atoms with Gasteiger partial charge in [0.15, 0.2) is 0 Å². The van der Waals surface area contributed by atoms with E-state index < -0.39 is 24.0 Å². The molecular weight excluding hydrogens is 436 g/mol. The maximum Gasteiger partial charge on any atom is 0.268 e. The van der Waals surface area contributed by atoms with Gasteiger partial charge in [0.1, 0.15) is 6.04 Å². The number of aliphatic hydroxyl groups excluding tert-OH is 1. The Bertz CT molecular complexity index is 1080. The molecule has 10 nitrogen and oxygen atoms in total. The molecule has 0 unspecified atom stereocenters. The molecule has 2 atom stereocenters. The van der Waals surface area contributed by atoms with Crippen molar-refractivity contribution in [3.05, 3.63) is 65.0 Å². The molecule has 0 aliphatic carbocycles. The van der Waals surface area contributed by atoms with Gasteiger partial charge in [0.2, 0.25) is 0 Å². The number of benzene rings is 1. The smallest absolute Gasteiger partial charge is 0.268 e. The second-order valence-corrected chi connectivity index (χ2v) is 7.93. The van der Waals surface area contributed by atoms with Crippen molar-refractivity contribution in [1.29, 1.82) is 0 Å². The fourth-order valence-electron chi connectivity index (χ4n) is 3.22. The monoisotopic (exact) mass is 464 g/mol. The van der Waals surface area contributed by atoms with E-state index >= 15 is 0 Å². The Balaban J connectivity index is 1.68. The summed E-state index contributed by atoms with van der Waals surface area (Å²) in [5.41, 5.74) is 3.80. The highest BCUT2D eigenvalue weighted by atomic mass is 16.5. The van der Waals surface area contributed by atoms with E-state index in [0.29, 0.717) is 11.3 Å². The van der Waals surface area contributed by atoms with E-state index in [1.807, 2.05) is 17.1 Å². The molecule has 1 saturated heterocycles. The normalized spacial score (nSPS) is 15.8. The molecule has 0 saturated carbocycles. The first-order valence-electron chi connectivity index (χ1n) is 10.8. The van der Waals surface area contributed by atoms with Crippen LogP contribution >= 0.6 is 0 Å². The third-order valence-electron chi connectivity index (χ3n) is 5.31. The average molecular weight is 465 g/mol. The first-order valence-corrected chi connectivity index (χ1v) is 10.8. The van der Waals surface area contributed by atoms with Gasteiger partial charge in [-0.25, -0.2) is 5.48 Å². The summed E-state index contributed by atoms with van der Waals surface area (Å²) in [6.07, 6.45) is 2.24. The molecule has 3 rings (SSSR count). The fraction of sp³-hybridized carbons (Fsp3) is 0.333. The van der Waals surface area contributed by atoms with E-state index in [-0.39, 0.29) is 5.56 Å². The number of amides is 2. The number of pyridine rings is 1. The number of carbonyl (C=O) groups is 2. The van der Waals surface area contributed by atoms with Gasteiger partial charge < -0.3 is 15.3 Å². The number of piperazine rings is 1. The van der Waals surface area contributed by atoms with Crippen molar-refractivity contribution in [2.24, 2.45) is 5.10 Å². The molecular formula is C24H28N6O4. The summed E-state index contributed by atoms with van der Waals surface area (Å²) in [6, 6.07) is 8.89. The third kappa shape index (κ3) is 6.86. The molecule has 2 heterocycles. The average Bonchev–Trinajstić information content (AvgIpc) is 2.85. The number of nitrogens with zero attached hydrogens (tertiary/aromatic N) is 4. The molecule has 1 aliphatic rings. The second-order valence-electron chi connectivity index (χ2n) is 7.93. The summed E-state index contributed by atoms with van der Waals surface area (Å²) >= 11 is 0. The van der Waals surface area contributed by atoms with Crippen LogP contribution in [0.2, 0.25) is 0 Å². The van der Waals surface area contributed by atoms with Gasteiger partial charge in [-0.2, -0.15) is 5.10 Å². The van der Waals surface area contributed by atoms with Crippen molar-refractivity contribution in [3.8, 4) is 11.8 Å². The van der Waals surface area contributed by atoms with E-state index in [2.05, 4.69) is 39.2 Å². The van der Waals surface area contributed by atoms with Crippen LogP contribution in [0.5, 0.6) is 0 Å². The van der Waals surface area contributed by atoms with Gasteiger partial charge in [0, 0.05) is 43.5 Å². The number of hydrogen-bond acceptors (Lipinski definition) is 8. The zero-order valence-corrected chi connectivity index (χ0v) is 19.1. The summed E-state index contributed by atoms with van der Waals surface area (Å²) in [6.45, 7) is 5.00. The molecule has 0 spiro atoms. The van der Waals surface area contributed by atoms with Gasteiger partial charge >= 0.3 is 0 Å². The minimum Gasteiger partial charge on any atom is -0.391 e. The Morgan fingerprint density at radius 1 is 1.15 bits per heavy atom. The minimum absolute atomic E-state index is 0.281. The lowest BCUT2D eigenvalue weighted by molar-refractivity contribution is -0.133. The molecule has 2 aromatic rings. The van der Waals surface area contributed by atoms with E-state index in [4.69, 9.17) is 5.21 Å². The Labute approximate surface area is 198 Å². The Kier molecular flexibility index (Phi) is 8.70. The molecule has 1 aromatic carbocycles. The molecule has 0 bridgehead atoms. The van der Waals surface area contributed by atoms with Gasteiger partial charge in [-0.1, -0.05) is 11.8 Å². The molecule has 1 aromatic heterocycles. The van der Waals surface area contributed by atoms with Crippen molar-refractivity contribution in [2.45, 2.75) is 19.1 Å². The number of carbonyl (C=O) groups excluding carboxylic acids is 2. The van der Waals surface area contributed by atoms with Crippen LogP contribution < -0.4 is 10.8 Å². The topological polar surface area (TPSA) is 130 Å². The molecule has 10 heteroatoms. The highest BCUT2D eigenvalue weighted by Gasteiger charge is 2.25. The van der Waals surface area contributed by atoms with Gasteiger partial charge in [-0.05, 0) is 50.4 Å². The maximum atomic E-state index is 12.4. The molecule has 178 valence electrons. The van der Waals surface area contributed by atoms with Gasteiger partial charge in [-0.3, -0.25) is 24.8 Å². The van der Waals surface area contributed by atoms with Crippen LogP contribution in [-0.4, -0.2) is 88.6 Å². The summed E-state index contributed by atoms with van der Waals surface area (Å²) in [5.74, 6) is 4.68. The van der Waals surface area contributed by atoms with Gasteiger partial charge in [0.05, 0.1) is 23.6 Å². The summed E-state index contributed by atoms with van der Waals surface area (Å²) in [7, 11) is 2.09. The van der Waals surface area contributed by atoms with Crippen LogP contribution in [0.15, 0.2) is 47.7 Å². The lowest BCUT2D eigenvalue weighted by Crippen LogP contribution is -2.51. The lowest BCUT2D eigenvalue weighted by Gasteiger charge is -2.30. The van der Waals surface area contributed by atoms with Gasteiger partial charge in [0.25, 0.3) is 11.8 Å². The predicted octanol–water partition coefficient (Wildman–Crippen LogP) is 0.0473. The zero-order valence-electron chi connectivity index (χ0n) is 19.1. The predicted molar refractivity (Wildman–Crippen MR) is 126 cm³/mol. The van der Waals surface area contributed by atoms with Crippen molar-refractivity contribution < 1.29 is 19.9 Å². The molecule has 34 heavy (non-hydrogen) atoms.